The van der Waals surface area contributed by atoms with E-state index in [9.17, 15) is 0 Å². The van der Waals surface area contributed by atoms with Crippen LogP contribution in [0.3, 0.4) is 0 Å². The number of hydrogen-bond acceptors (Lipinski definition) is 5. The van der Waals surface area contributed by atoms with Crippen molar-refractivity contribution in [2.75, 3.05) is 13.2 Å². The zero-order valence-corrected chi connectivity index (χ0v) is 9.33. The van der Waals surface area contributed by atoms with Crippen LogP contribution in [-0.2, 0) is 31.0 Å². The summed E-state index contributed by atoms with van der Waals surface area (Å²) in [6.07, 6.45) is 1.44. The normalized spacial score (nSPS) is 33.1. The van der Waals surface area contributed by atoms with Crippen LogP contribution in [0.4, 0.5) is 0 Å². The predicted molar refractivity (Wildman–Crippen MR) is 56.4 cm³/mol. The molecule has 0 radical (unpaired) electrons. The second kappa shape index (κ2) is 4.72. The van der Waals surface area contributed by atoms with Gasteiger partial charge in [0.05, 0.1) is 13.2 Å². The van der Waals surface area contributed by atoms with Gasteiger partial charge in [-0.15, -0.1) is 0 Å². The molecule has 17 heavy (non-hydrogen) atoms. The van der Waals surface area contributed by atoms with Crippen molar-refractivity contribution in [3.05, 3.63) is 35.9 Å². The summed E-state index contributed by atoms with van der Waals surface area (Å²) in [6.45, 7) is 1.11. The Balaban J connectivity index is 1.79. The Morgan fingerprint density at radius 2 is 2.00 bits per heavy atom. The van der Waals surface area contributed by atoms with E-state index in [1.54, 1.807) is 0 Å². The van der Waals surface area contributed by atoms with Gasteiger partial charge in [0, 0.05) is 12.8 Å². The molecule has 0 spiro atoms. The van der Waals surface area contributed by atoms with E-state index in [-0.39, 0.29) is 6.10 Å². The molecule has 5 nitrogen and oxygen atoms in total. The molecular formula is C12H14O5. The van der Waals surface area contributed by atoms with Crippen LogP contribution in [-0.4, -0.2) is 24.9 Å². The Bertz CT molecular complexity index is 354. The molecule has 2 fully saturated rings. The lowest BCUT2D eigenvalue weighted by Gasteiger charge is -2.27. The molecule has 2 unspecified atom stereocenters. The fourth-order valence-electron chi connectivity index (χ4n) is 2.13. The highest BCUT2D eigenvalue weighted by Crippen LogP contribution is 2.36. The fourth-order valence-corrected chi connectivity index (χ4v) is 2.13. The van der Waals surface area contributed by atoms with Crippen molar-refractivity contribution in [1.82, 2.24) is 0 Å². The number of rotatable bonds is 3. The van der Waals surface area contributed by atoms with E-state index in [2.05, 4.69) is 22.2 Å². The van der Waals surface area contributed by atoms with Crippen molar-refractivity contribution in [2.24, 2.45) is 0 Å². The quantitative estimate of drug-likeness (QED) is 0.591. The van der Waals surface area contributed by atoms with Gasteiger partial charge in [-0.05, 0) is 15.6 Å². The maximum Gasteiger partial charge on any atom is 0.141 e. The van der Waals surface area contributed by atoms with E-state index in [1.807, 2.05) is 18.2 Å². The first-order chi connectivity index (χ1) is 8.39. The lowest BCUT2D eigenvalue weighted by molar-refractivity contribution is -0.637. The summed E-state index contributed by atoms with van der Waals surface area (Å²) < 4.78 is 5.36. The van der Waals surface area contributed by atoms with Crippen LogP contribution in [0, 0.1) is 0 Å². The van der Waals surface area contributed by atoms with Crippen molar-refractivity contribution >= 4 is 0 Å². The number of epoxide rings is 1. The maximum atomic E-state index is 5.36. The second-order valence-electron chi connectivity index (χ2n) is 4.34. The number of hydrogen-bond donors (Lipinski definition) is 0. The number of benzene rings is 1. The van der Waals surface area contributed by atoms with Crippen LogP contribution in [0.5, 0.6) is 0 Å². The smallest absolute Gasteiger partial charge is 0.141 e. The maximum absolute atomic E-state index is 5.36. The minimum Gasteiger partial charge on any atom is -0.370 e. The first kappa shape index (κ1) is 11.1. The number of ether oxygens (including phenoxy) is 1. The van der Waals surface area contributed by atoms with Crippen LogP contribution in [0.2, 0.25) is 0 Å². The van der Waals surface area contributed by atoms with Gasteiger partial charge in [0.2, 0.25) is 0 Å². The van der Waals surface area contributed by atoms with Crippen molar-refractivity contribution in [3.63, 3.8) is 0 Å². The van der Waals surface area contributed by atoms with Crippen LogP contribution in [0.25, 0.3) is 0 Å². The van der Waals surface area contributed by atoms with Gasteiger partial charge in [-0.2, -0.15) is 4.89 Å². The largest absolute Gasteiger partial charge is 0.370 e. The third-order valence-electron chi connectivity index (χ3n) is 3.15. The van der Waals surface area contributed by atoms with Gasteiger partial charge >= 0.3 is 0 Å². The molecule has 0 bridgehead atoms. The van der Waals surface area contributed by atoms with E-state index >= 15 is 0 Å². The van der Waals surface area contributed by atoms with Crippen LogP contribution in [0.15, 0.2) is 30.3 Å². The summed E-state index contributed by atoms with van der Waals surface area (Å²) in [4.78, 5) is 10.1. The highest BCUT2D eigenvalue weighted by molar-refractivity contribution is 5.18. The van der Waals surface area contributed by atoms with Crippen molar-refractivity contribution in [1.29, 1.82) is 0 Å². The molecule has 2 saturated heterocycles. The third-order valence-corrected chi connectivity index (χ3v) is 3.15. The Kier molecular flexibility index (Phi) is 3.09. The summed E-state index contributed by atoms with van der Waals surface area (Å²) in [5, 5.41) is 8.97. The molecule has 0 N–H and O–H groups in total. The van der Waals surface area contributed by atoms with Crippen LogP contribution < -0.4 is 0 Å². The Labute approximate surface area is 99.0 Å². The van der Waals surface area contributed by atoms with Crippen LogP contribution in [0.1, 0.15) is 12.0 Å². The minimum atomic E-state index is -0.516. The third kappa shape index (κ3) is 2.48. The molecule has 3 rings (SSSR count). The lowest BCUT2D eigenvalue weighted by atomic mass is 9.88. The van der Waals surface area contributed by atoms with Crippen LogP contribution >= 0.6 is 0 Å². The average Bonchev–Trinajstić information content (AvgIpc) is 3.18. The van der Waals surface area contributed by atoms with Gasteiger partial charge in [-0.1, -0.05) is 30.3 Å². The molecule has 2 aliphatic rings. The Morgan fingerprint density at radius 1 is 1.18 bits per heavy atom. The van der Waals surface area contributed by atoms with Crippen molar-refractivity contribution in [3.8, 4) is 0 Å². The topological polar surface area (TPSA) is 49.5 Å². The molecule has 2 heterocycles. The van der Waals surface area contributed by atoms with Crippen molar-refractivity contribution in [2.45, 2.75) is 24.5 Å². The van der Waals surface area contributed by atoms with E-state index in [4.69, 9.17) is 14.5 Å². The van der Waals surface area contributed by atoms with Gasteiger partial charge in [-0.25, -0.2) is 4.89 Å². The minimum absolute atomic E-state index is 0.0491. The molecule has 0 amide bonds. The molecule has 5 heteroatoms. The SMILES string of the molecule is c1ccc(CC2(C3CO3)CCOOOO2)cc1. The first-order valence-corrected chi connectivity index (χ1v) is 5.69. The van der Waals surface area contributed by atoms with Gasteiger partial charge in [0.25, 0.3) is 0 Å². The van der Waals surface area contributed by atoms with E-state index in [0.717, 1.165) is 0 Å². The molecule has 0 aliphatic carbocycles. The van der Waals surface area contributed by atoms with E-state index in [0.29, 0.717) is 26.1 Å². The fraction of sp³-hybridized carbons (Fsp3) is 0.500. The standard InChI is InChI=1S/C12H14O5/c1-2-4-10(5-3-1)8-12(11-9-13-11)6-7-14-16-17-15-12/h1-5,11H,6-9H2. The molecule has 2 atom stereocenters. The highest BCUT2D eigenvalue weighted by atomic mass is 17.7. The van der Waals surface area contributed by atoms with E-state index in [1.165, 1.54) is 5.56 Å². The first-order valence-electron chi connectivity index (χ1n) is 5.69. The van der Waals surface area contributed by atoms with E-state index < -0.39 is 5.60 Å². The molecule has 2 aliphatic heterocycles. The zero-order chi connectivity index (χ0) is 11.6. The summed E-state index contributed by atoms with van der Waals surface area (Å²) in [5.74, 6) is 0. The highest BCUT2D eigenvalue weighted by Gasteiger charge is 2.50. The van der Waals surface area contributed by atoms with Gasteiger partial charge in [0.15, 0.2) is 0 Å². The van der Waals surface area contributed by atoms with Gasteiger partial charge < -0.3 is 4.74 Å². The van der Waals surface area contributed by atoms with Crippen molar-refractivity contribution < 1.29 is 24.6 Å². The Morgan fingerprint density at radius 3 is 2.76 bits per heavy atom. The predicted octanol–water partition coefficient (Wildman–Crippen LogP) is 1.58. The summed E-state index contributed by atoms with van der Waals surface area (Å²) in [7, 11) is 0. The summed E-state index contributed by atoms with van der Waals surface area (Å²) in [5.41, 5.74) is 0.659. The lowest BCUT2D eigenvalue weighted by Crippen LogP contribution is -2.41. The molecule has 1 aromatic carbocycles. The second-order valence-corrected chi connectivity index (χ2v) is 4.34. The van der Waals surface area contributed by atoms with Gasteiger partial charge in [0.1, 0.15) is 11.7 Å². The molecule has 0 saturated carbocycles. The van der Waals surface area contributed by atoms with Gasteiger partial charge in [-0.3, -0.25) is 0 Å². The Hall–Kier alpha value is -0.980. The molecule has 92 valence electrons. The average molecular weight is 238 g/mol. The molecular weight excluding hydrogens is 224 g/mol. The zero-order valence-electron chi connectivity index (χ0n) is 9.33. The summed E-state index contributed by atoms with van der Waals surface area (Å²) >= 11 is 0. The summed E-state index contributed by atoms with van der Waals surface area (Å²) in [6, 6.07) is 10.1. The monoisotopic (exact) mass is 238 g/mol. The molecule has 1 aromatic rings. The molecule has 0 aromatic heterocycles.